The zero-order valence-corrected chi connectivity index (χ0v) is 14.6. The molecule has 2 aromatic carbocycles. The van der Waals surface area contributed by atoms with Crippen LogP contribution in [0.1, 0.15) is 22.3 Å². The lowest BCUT2D eigenvalue weighted by molar-refractivity contribution is 0.0953. The summed E-state index contributed by atoms with van der Waals surface area (Å²) in [5.41, 5.74) is 4.10. The minimum atomic E-state index is -0.0128. The Kier molecular flexibility index (Phi) is 5.54. The number of hydrogen-bond acceptors (Lipinski definition) is 3. The van der Waals surface area contributed by atoms with Gasteiger partial charge < -0.3 is 9.88 Å². The summed E-state index contributed by atoms with van der Waals surface area (Å²) >= 11 is 1.78. The number of thioether (sulfide) groups is 1. The number of fused-ring (bicyclic) bond motifs is 1. The molecule has 0 aliphatic heterocycles. The fraction of sp³-hybridized carbons (Fsp3) is 0.263. The van der Waals surface area contributed by atoms with Crippen molar-refractivity contribution in [3.05, 3.63) is 66.0 Å². The van der Waals surface area contributed by atoms with Crippen molar-refractivity contribution in [3.63, 3.8) is 0 Å². The van der Waals surface area contributed by atoms with E-state index in [1.165, 1.54) is 5.56 Å². The zero-order valence-electron chi connectivity index (χ0n) is 13.7. The summed E-state index contributed by atoms with van der Waals surface area (Å²) in [5.74, 6) is 0.960. The molecule has 0 atom stereocenters. The van der Waals surface area contributed by atoms with Gasteiger partial charge in [0.25, 0.3) is 5.91 Å². The summed E-state index contributed by atoms with van der Waals surface area (Å²) in [5, 5.41) is 2.98. The number of carbonyl (C=O) groups excluding carboxylic acids is 1. The molecule has 0 saturated carbocycles. The van der Waals surface area contributed by atoms with Crippen LogP contribution < -0.4 is 5.32 Å². The number of para-hydroxylation sites is 2. The molecule has 5 heteroatoms. The van der Waals surface area contributed by atoms with Gasteiger partial charge in [0.05, 0.1) is 17.4 Å². The van der Waals surface area contributed by atoms with Gasteiger partial charge >= 0.3 is 0 Å². The number of aromatic nitrogens is 2. The molecule has 1 heterocycles. The molecule has 24 heavy (non-hydrogen) atoms. The zero-order chi connectivity index (χ0) is 16.8. The maximum Gasteiger partial charge on any atom is 0.251 e. The maximum atomic E-state index is 12.2. The lowest BCUT2D eigenvalue weighted by atomic mass is 10.1. The Morgan fingerprint density at radius 2 is 1.96 bits per heavy atom. The highest BCUT2D eigenvalue weighted by Crippen LogP contribution is 2.12. The molecule has 3 aromatic rings. The first-order valence-corrected chi connectivity index (χ1v) is 9.43. The lowest BCUT2D eigenvalue weighted by Crippen LogP contribution is -2.25. The highest BCUT2D eigenvalue weighted by atomic mass is 32.2. The molecule has 0 unspecified atom stereocenters. The molecule has 1 aromatic heterocycles. The second-order valence-electron chi connectivity index (χ2n) is 5.67. The first-order chi connectivity index (χ1) is 11.8. The number of hydrogen-bond donors (Lipinski definition) is 1. The molecule has 0 saturated heterocycles. The van der Waals surface area contributed by atoms with E-state index in [2.05, 4.69) is 27.2 Å². The predicted molar refractivity (Wildman–Crippen MR) is 100 cm³/mol. The van der Waals surface area contributed by atoms with E-state index in [4.69, 9.17) is 0 Å². The van der Waals surface area contributed by atoms with Crippen LogP contribution in [0.5, 0.6) is 0 Å². The van der Waals surface area contributed by atoms with Crippen molar-refractivity contribution < 1.29 is 4.79 Å². The first kappa shape index (κ1) is 16.6. The average Bonchev–Trinajstić information content (AvgIpc) is 3.03. The fourth-order valence-corrected chi connectivity index (χ4v) is 3.19. The quantitative estimate of drug-likeness (QED) is 0.667. The van der Waals surface area contributed by atoms with E-state index in [1.807, 2.05) is 48.8 Å². The third-order valence-corrected chi connectivity index (χ3v) is 4.54. The number of nitrogens with zero attached hydrogens (tertiary/aromatic N) is 2. The summed E-state index contributed by atoms with van der Waals surface area (Å²) in [6, 6.07) is 15.9. The third-order valence-electron chi connectivity index (χ3n) is 3.92. The summed E-state index contributed by atoms with van der Waals surface area (Å²) in [6.07, 6.45) is 4.80. The fourth-order valence-electron chi connectivity index (χ4n) is 2.66. The van der Waals surface area contributed by atoms with Crippen molar-refractivity contribution in [1.82, 2.24) is 14.9 Å². The van der Waals surface area contributed by atoms with E-state index < -0.39 is 0 Å². The van der Waals surface area contributed by atoms with Gasteiger partial charge in [0.2, 0.25) is 0 Å². The van der Waals surface area contributed by atoms with Crippen molar-refractivity contribution in [2.24, 2.45) is 0 Å². The number of carbonyl (C=O) groups is 1. The van der Waals surface area contributed by atoms with Crippen molar-refractivity contribution in [2.75, 3.05) is 12.8 Å². The Hall–Kier alpha value is -2.27. The van der Waals surface area contributed by atoms with Crippen LogP contribution in [-0.4, -0.2) is 28.3 Å². The van der Waals surface area contributed by atoms with Crippen LogP contribution in [0.15, 0.2) is 54.9 Å². The van der Waals surface area contributed by atoms with Gasteiger partial charge in [-0.25, -0.2) is 4.98 Å². The Morgan fingerprint density at radius 3 is 2.75 bits per heavy atom. The molecule has 0 spiro atoms. The van der Waals surface area contributed by atoms with Gasteiger partial charge in [0.15, 0.2) is 0 Å². The van der Waals surface area contributed by atoms with Crippen LogP contribution in [0, 0.1) is 0 Å². The van der Waals surface area contributed by atoms with Crippen LogP contribution >= 0.6 is 11.8 Å². The molecule has 1 amide bonds. The molecular formula is C19H21N3OS. The van der Waals surface area contributed by atoms with Crippen molar-refractivity contribution in [1.29, 1.82) is 0 Å². The van der Waals surface area contributed by atoms with Gasteiger partial charge in [-0.15, -0.1) is 0 Å². The summed E-state index contributed by atoms with van der Waals surface area (Å²) in [4.78, 5) is 16.5. The van der Waals surface area contributed by atoms with E-state index in [9.17, 15) is 4.79 Å². The number of rotatable bonds is 7. The molecule has 124 valence electrons. The molecule has 3 rings (SSSR count). The van der Waals surface area contributed by atoms with E-state index in [0.717, 1.165) is 29.8 Å². The van der Waals surface area contributed by atoms with Gasteiger partial charge in [-0.2, -0.15) is 11.8 Å². The van der Waals surface area contributed by atoms with Crippen LogP contribution in [-0.2, 0) is 12.3 Å². The Morgan fingerprint density at radius 1 is 1.17 bits per heavy atom. The predicted octanol–water partition coefficient (Wildman–Crippen LogP) is 3.72. The lowest BCUT2D eigenvalue weighted by Gasteiger charge is -2.07. The maximum absolute atomic E-state index is 12.2. The van der Waals surface area contributed by atoms with Crippen LogP contribution in [0.4, 0.5) is 0 Å². The Labute approximate surface area is 146 Å². The molecule has 4 nitrogen and oxygen atoms in total. The van der Waals surface area contributed by atoms with Crippen LogP contribution in [0.25, 0.3) is 11.0 Å². The third kappa shape index (κ3) is 3.97. The van der Waals surface area contributed by atoms with Crippen molar-refractivity contribution in [3.8, 4) is 0 Å². The molecule has 0 bridgehead atoms. The first-order valence-electron chi connectivity index (χ1n) is 8.04. The van der Waals surface area contributed by atoms with E-state index in [1.54, 1.807) is 11.8 Å². The van der Waals surface area contributed by atoms with Gasteiger partial charge in [-0.3, -0.25) is 4.79 Å². The number of aryl methyl sites for hydroxylation is 1. The second kappa shape index (κ2) is 8.02. The number of benzene rings is 2. The SMILES string of the molecule is CSCc1ccc(C(=O)NCCCn2cnc3ccccc32)cc1. The van der Waals surface area contributed by atoms with Gasteiger partial charge in [0.1, 0.15) is 0 Å². The minimum absolute atomic E-state index is 0.0128. The highest BCUT2D eigenvalue weighted by Gasteiger charge is 2.05. The molecule has 0 aliphatic rings. The highest BCUT2D eigenvalue weighted by molar-refractivity contribution is 7.97. The molecule has 1 N–H and O–H groups in total. The topological polar surface area (TPSA) is 46.9 Å². The largest absolute Gasteiger partial charge is 0.352 e. The Bertz CT molecular complexity index is 811. The number of imidazole rings is 1. The molecule has 0 aliphatic carbocycles. The molecular weight excluding hydrogens is 318 g/mol. The van der Waals surface area contributed by atoms with Crippen molar-refractivity contribution in [2.45, 2.75) is 18.7 Å². The average molecular weight is 339 g/mol. The van der Waals surface area contributed by atoms with Crippen LogP contribution in [0.2, 0.25) is 0 Å². The number of amides is 1. The summed E-state index contributed by atoms with van der Waals surface area (Å²) in [6.45, 7) is 1.49. The number of nitrogens with one attached hydrogen (secondary N) is 1. The van der Waals surface area contributed by atoms with Gasteiger partial charge in [-0.1, -0.05) is 24.3 Å². The van der Waals surface area contributed by atoms with Crippen LogP contribution in [0.3, 0.4) is 0 Å². The summed E-state index contributed by atoms with van der Waals surface area (Å²) in [7, 11) is 0. The van der Waals surface area contributed by atoms with Gasteiger partial charge in [-0.05, 0) is 42.5 Å². The molecule has 0 radical (unpaired) electrons. The standard InChI is InChI=1S/C19H21N3OS/c1-24-13-15-7-9-16(10-8-15)19(23)20-11-4-12-22-14-21-17-5-2-3-6-18(17)22/h2-3,5-10,14H,4,11-13H2,1H3,(H,20,23). The second-order valence-corrected chi connectivity index (χ2v) is 6.53. The molecule has 0 fully saturated rings. The summed E-state index contributed by atoms with van der Waals surface area (Å²) < 4.78 is 2.12. The van der Waals surface area contributed by atoms with E-state index >= 15 is 0 Å². The Balaban J connectivity index is 1.48. The normalized spacial score (nSPS) is 10.9. The van der Waals surface area contributed by atoms with Crippen molar-refractivity contribution >= 4 is 28.7 Å². The minimum Gasteiger partial charge on any atom is -0.352 e. The monoisotopic (exact) mass is 339 g/mol. The smallest absolute Gasteiger partial charge is 0.251 e. The van der Waals surface area contributed by atoms with E-state index in [-0.39, 0.29) is 5.91 Å². The van der Waals surface area contributed by atoms with Gasteiger partial charge in [0, 0.05) is 24.4 Å². The van der Waals surface area contributed by atoms with E-state index in [0.29, 0.717) is 12.1 Å².